The molecule has 3 heteroatoms. The lowest BCUT2D eigenvalue weighted by Crippen LogP contribution is -2.46. The second-order valence-electron chi connectivity index (χ2n) is 4.27. The van der Waals surface area contributed by atoms with Crippen LogP contribution in [0, 0.1) is 0 Å². The standard InChI is InChI=1S/C9H19NO2/c1-8(2)7-12-9(3,10-8)5-6-11-4/h10H,5-7H2,1-4H3. The van der Waals surface area contributed by atoms with E-state index in [-0.39, 0.29) is 11.3 Å². The Labute approximate surface area is 74.4 Å². The topological polar surface area (TPSA) is 30.5 Å². The number of methoxy groups -OCH3 is 1. The number of rotatable bonds is 3. The van der Waals surface area contributed by atoms with Crippen LogP contribution in [0.1, 0.15) is 27.2 Å². The molecule has 0 saturated carbocycles. The maximum atomic E-state index is 5.67. The Bertz CT molecular complexity index is 159. The molecule has 0 amide bonds. The Morgan fingerprint density at radius 3 is 2.50 bits per heavy atom. The van der Waals surface area contributed by atoms with E-state index < -0.39 is 0 Å². The molecule has 12 heavy (non-hydrogen) atoms. The second kappa shape index (κ2) is 3.32. The van der Waals surface area contributed by atoms with Gasteiger partial charge in [-0.05, 0) is 20.8 Å². The highest BCUT2D eigenvalue weighted by Crippen LogP contribution is 2.25. The van der Waals surface area contributed by atoms with Crippen LogP contribution < -0.4 is 5.32 Å². The van der Waals surface area contributed by atoms with E-state index in [1.165, 1.54) is 0 Å². The van der Waals surface area contributed by atoms with Gasteiger partial charge < -0.3 is 9.47 Å². The summed E-state index contributed by atoms with van der Waals surface area (Å²) in [7, 11) is 1.71. The summed E-state index contributed by atoms with van der Waals surface area (Å²) < 4.78 is 10.7. The molecule has 0 radical (unpaired) electrons. The lowest BCUT2D eigenvalue weighted by molar-refractivity contribution is -0.0174. The first-order valence-corrected chi connectivity index (χ1v) is 4.40. The minimum atomic E-state index is -0.195. The fourth-order valence-corrected chi connectivity index (χ4v) is 1.56. The summed E-state index contributed by atoms with van der Waals surface area (Å²) in [6, 6.07) is 0. The van der Waals surface area contributed by atoms with Crippen molar-refractivity contribution in [1.29, 1.82) is 0 Å². The average molecular weight is 173 g/mol. The third-order valence-electron chi connectivity index (χ3n) is 2.14. The lowest BCUT2D eigenvalue weighted by Gasteiger charge is -2.26. The van der Waals surface area contributed by atoms with Crippen molar-refractivity contribution >= 4 is 0 Å². The van der Waals surface area contributed by atoms with Gasteiger partial charge in [0, 0.05) is 19.1 Å². The molecule has 1 saturated heterocycles. The highest BCUT2D eigenvalue weighted by Gasteiger charge is 2.39. The van der Waals surface area contributed by atoms with Gasteiger partial charge in [-0.1, -0.05) is 0 Å². The summed E-state index contributed by atoms with van der Waals surface area (Å²) in [5.41, 5.74) is -0.0952. The minimum Gasteiger partial charge on any atom is -0.385 e. The molecular formula is C9H19NO2. The molecule has 0 aromatic carbocycles. The monoisotopic (exact) mass is 173 g/mol. The van der Waals surface area contributed by atoms with Gasteiger partial charge >= 0.3 is 0 Å². The van der Waals surface area contributed by atoms with Gasteiger partial charge in [0.2, 0.25) is 0 Å². The fraction of sp³-hybridized carbons (Fsp3) is 1.00. The quantitative estimate of drug-likeness (QED) is 0.694. The molecule has 1 N–H and O–H groups in total. The maximum absolute atomic E-state index is 5.67. The Morgan fingerprint density at radius 2 is 2.08 bits per heavy atom. The van der Waals surface area contributed by atoms with Crippen LogP contribution in [0.5, 0.6) is 0 Å². The van der Waals surface area contributed by atoms with Crippen molar-refractivity contribution < 1.29 is 9.47 Å². The van der Waals surface area contributed by atoms with E-state index >= 15 is 0 Å². The lowest BCUT2D eigenvalue weighted by atomic mass is 10.1. The smallest absolute Gasteiger partial charge is 0.119 e. The molecule has 1 heterocycles. The summed E-state index contributed by atoms with van der Waals surface area (Å²) >= 11 is 0. The van der Waals surface area contributed by atoms with Crippen molar-refractivity contribution in [1.82, 2.24) is 5.32 Å². The van der Waals surface area contributed by atoms with Gasteiger partial charge in [0.25, 0.3) is 0 Å². The molecule has 0 aromatic heterocycles. The molecule has 1 rings (SSSR count). The van der Waals surface area contributed by atoms with Gasteiger partial charge in [-0.15, -0.1) is 0 Å². The number of ether oxygens (including phenoxy) is 2. The molecule has 0 aromatic rings. The highest BCUT2D eigenvalue weighted by atomic mass is 16.5. The summed E-state index contributed by atoms with van der Waals surface area (Å²) in [4.78, 5) is 0. The third-order valence-corrected chi connectivity index (χ3v) is 2.14. The third kappa shape index (κ3) is 2.44. The zero-order valence-electron chi connectivity index (χ0n) is 8.44. The fourth-order valence-electron chi connectivity index (χ4n) is 1.56. The van der Waals surface area contributed by atoms with Crippen LogP contribution in [0.3, 0.4) is 0 Å². The SMILES string of the molecule is COCCC1(C)NC(C)(C)CO1. The van der Waals surface area contributed by atoms with Gasteiger partial charge in [-0.25, -0.2) is 0 Å². The number of hydrogen-bond donors (Lipinski definition) is 1. The summed E-state index contributed by atoms with van der Waals surface area (Å²) in [6.45, 7) is 7.86. The normalized spacial score (nSPS) is 34.0. The van der Waals surface area contributed by atoms with Crippen LogP contribution in [0.2, 0.25) is 0 Å². The van der Waals surface area contributed by atoms with Crippen molar-refractivity contribution in [3.63, 3.8) is 0 Å². The van der Waals surface area contributed by atoms with Gasteiger partial charge in [0.15, 0.2) is 0 Å². The minimum absolute atomic E-state index is 0.0997. The summed E-state index contributed by atoms with van der Waals surface area (Å²) in [5, 5.41) is 3.44. The molecule has 0 bridgehead atoms. The Morgan fingerprint density at radius 1 is 1.42 bits per heavy atom. The Balaban J connectivity index is 2.41. The van der Waals surface area contributed by atoms with E-state index in [9.17, 15) is 0 Å². The molecule has 72 valence electrons. The van der Waals surface area contributed by atoms with E-state index in [2.05, 4.69) is 26.1 Å². The van der Waals surface area contributed by atoms with E-state index in [0.29, 0.717) is 0 Å². The van der Waals surface area contributed by atoms with E-state index in [4.69, 9.17) is 9.47 Å². The second-order valence-corrected chi connectivity index (χ2v) is 4.27. The molecule has 1 unspecified atom stereocenters. The molecular weight excluding hydrogens is 154 g/mol. The van der Waals surface area contributed by atoms with E-state index in [0.717, 1.165) is 19.6 Å². The zero-order chi connectivity index (χ0) is 9.24. The van der Waals surface area contributed by atoms with Crippen LogP contribution >= 0.6 is 0 Å². The number of hydrogen-bond acceptors (Lipinski definition) is 3. The zero-order valence-corrected chi connectivity index (χ0v) is 8.44. The number of nitrogens with one attached hydrogen (secondary N) is 1. The van der Waals surface area contributed by atoms with Crippen LogP contribution in [0.4, 0.5) is 0 Å². The Kier molecular flexibility index (Phi) is 2.76. The first-order chi connectivity index (χ1) is 5.47. The van der Waals surface area contributed by atoms with Gasteiger partial charge in [0.05, 0.1) is 13.2 Å². The van der Waals surface area contributed by atoms with Crippen LogP contribution in [0.25, 0.3) is 0 Å². The molecule has 1 fully saturated rings. The summed E-state index contributed by atoms with van der Waals surface area (Å²) in [6.07, 6.45) is 0.896. The van der Waals surface area contributed by atoms with Gasteiger partial charge in [0.1, 0.15) is 5.72 Å². The van der Waals surface area contributed by atoms with Gasteiger partial charge in [-0.3, -0.25) is 5.32 Å². The predicted molar refractivity (Wildman–Crippen MR) is 48.1 cm³/mol. The maximum Gasteiger partial charge on any atom is 0.119 e. The highest BCUT2D eigenvalue weighted by molar-refractivity contribution is 4.91. The molecule has 1 atom stereocenters. The predicted octanol–water partition coefficient (Wildman–Crippen LogP) is 1.14. The van der Waals surface area contributed by atoms with Crippen molar-refractivity contribution in [3.8, 4) is 0 Å². The molecule has 0 spiro atoms. The first kappa shape index (κ1) is 9.96. The van der Waals surface area contributed by atoms with E-state index in [1.807, 2.05) is 0 Å². The molecule has 3 nitrogen and oxygen atoms in total. The molecule has 0 aliphatic carbocycles. The molecule has 1 aliphatic heterocycles. The van der Waals surface area contributed by atoms with Crippen molar-refractivity contribution in [3.05, 3.63) is 0 Å². The molecule has 1 aliphatic rings. The van der Waals surface area contributed by atoms with Crippen LogP contribution in [-0.4, -0.2) is 31.6 Å². The largest absolute Gasteiger partial charge is 0.385 e. The van der Waals surface area contributed by atoms with E-state index in [1.54, 1.807) is 7.11 Å². The first-order valence-electron chi connectivity index (χ1n) is 4.40. The van der Waals surface area contributed by atoms with Gasteiger partial charge in [-0.2, -0.15) is 0 Å². The summed E-state index contributed by atoms with van der Waals surface area (Å²) in [5.74, 6) is 0. The Hall–Kier alpha value is -0.120. The average Bonchev–Trinajstić information content (AvgIpc) is 2.23. The van der Waals surface area contributed by atoms with Crippen molar-refractivity contribution in [2.45, 2.75) is 38.5 Å². The van der Waals surface area contributed by atoms with Crippen molar-refractivity contribution in [2.24, 2.45) is 0 Å². The van der Waals surface area contributed by atoms with Crippen LogP contribution in [0.15, 0.2) is 0 Å². The van der Waals surface area contributed by atoms with Crippen LogP contribution in [-0.2, 0) is 9.47 Å². The van der Waals surface area contributed by atoms with Crippen molar-refractivity contribution in [2.75, 3.05) is 20.3 Å².